The van der Waals surface area contributed by atoms with Crippen molar-refractivity contribution in [3.63, 3.8) is 0 Å². The molecule has 0 aliphatic carbocycles. The maximum absolute atomic E-state index is 12.8. The Morgan fingerprint density at radius 3 is 2.69 bits per heavy atom. The van der Waals surface area contributed by atoms with Crippen LogP contribution < -0.4 is 5.73 Å². The van der Waals surface area contributed by atoms with E-state index < -0.39 is 15.9 Å². The summed E-state index contributed by atoms with van der Waals surface area (Å²) in [5, 5.41) is 0. The van der Waals surface area contributed by atoms with Gasteiger partial charge in [-0.3, -0.25) is 9.59 Å². The standard InChI is InChI=1S/C17H23N3O4S.ClH/c1-3-20-17(22)14-7-6-12(9-15(14)25(20,23)24)16(21)19-8-4-5-13(10-19)11(2)18;/h6-7,9,11,13H,3-5,8,10,18H2,1-2H3;1H. The molecular weight excluding hydrogens is 378 g/mol. The van der Waals surface area contributed by atoms with Gasteiger partial charge in [-0.25, -0.2) is 12.7 Å². The van der Waals surface area contributed by atoms with E-state index >= 15 is 0 Å². The van der Waals surface area contributed by atoms with Gasteiger partial charge in [-0.05, 0) is 50.8 Å². The molecule has 2 heterocycles. The van der Waals surface area contributed by atoms with Crippen LogP contribution in [0.15, 0.2) is 23.1 Å². The Morgan fingerprint density at radius 1 is 1.38 bits per heavy atom. The topological polar surface area (TPSA) is 101 Å². The smallest absolute Gasteiger partial charge is 0.268 e. The van der Waals surface area contributed by atoms with Crippen LogP contribution in [0.3, 0.4) is 0 Å². The van der Waals surface area contributed by atoms with Crippen LogP contribution in [0.5, 0.6) is 0 Å². The van der Waals surface area contributed by atoms with Gasteiger partial charge in [0.1, 0.15) is 4.90 Å². The number of likely N-dealkylation sites (tertiary alicyclic amines) is 1. The largest absolute Gasteiger partial charge is 0.338 e. The molecule has 1 aromatic rings. The molecule has 2 atom stereocenters. The summed E-state index contributed by atoms with van der Waals surface area (Å²) in [6, 6.07) is 4.30. The van der Waals surface area contributed by atoms with Crippen molar-refractivity contribution in [3.05, 3.63) is 29.3 Å². The minimum Gasteiger partial charge on any atom is -0.338 e. The van der Waals surface area contributed by atoms with E-state index in [9.17, 15) is 18.0 Å². The second-order valence-corrected chi connectivity index (χ2v) is 8.53. The summed E-state index contributed by atoms with van der Waals surface area (Å²) in [5.74, 6) is -0.509. The first-order chi connectivity index (χ1) is 11.8. The SMILES string of the molecule is CCN1C(=O)c2ccc(C(=O)N3CCCC(C(C)N)C3)cc2S1(=O)=O.Cl. The van der Waals surface area contributed by atoms with Crippen molar-refractivity contribution >= 4 is 34.2 Å². The highest BCUT2D eigenvalue weighted by Gasteiger charge is 2.40. The molecule has 9 heteroatoms. The van der Waals surface area contributed by atoms with Crippen LogP contribution in [-0.4, -0.2) is 55.1 Å². The van der Waals surface area contributed by atoms with Crippen LogP contribution in [0.1, 0.15) is 47.4 Å². The molecular formula is C17H24ClN3O4S. The van der Waals surface area contributed by atoms with Crippen molar-refractivity contribution in [2.75, 3.05) is 19.6 Å². The van der Waals surface area contributed by atoms with Gasteiger partial charge < -0.3 is 10.6 Å². The number of sulfonamides is 1. The number of nitrogens with zero attached hydrogens (tertiary/aromatic N) is 2. The summed E-state index contributed by atoms with van der Waals surface area (Å²) in [5.41, 5.74) is 6.38. The van der Waals surface area contributed by atoms with Gasteiger partial charge in [-0.1, -0.05) is 0 Å². The van der Waals surface area contributed by atoms with Crippen LogP contribution in [0.25, 0.3) is 0 Å². The summed E-state index contributed by atoms with van der Waals surface area (Å²) in [6.45, 7) is 4.81. The number of fused-ring (bicyclic) bond motifs is 1. The van der Waals surface area contributed by atoms with E-state index in [4.69, 9.17) is 5.73 Å². The van der Waals surface area contributed by atoms with Crippen LogP contribution in [-0.2, 0) is 10.0 Å². The third kappa shape index (κ3) is 3.33. The average molecular weight is 402 g/mol. The number of piperidine rings is 1. The molecule has 26 heavy (non-hydrogen) atoms. The van der Waals surface area contributed by atoms with Gasteiger partial charge >= 0.3 is 0 Å². The van der Waals surface area contributed by atoms with Crippen molar-refractivity contribution in [2.24, 2.45) is 11.7 Å². The Hall–Kier alpha value is -1.64. The second-order valence-electron chi connectivity index (χ2n) is 6.70. The lowest BCUT2D eigenvalue weighted by molar-refractivity contribution is 0.0660. The highest BCUT2D eigenvalue weighted by atomic mass is 35.5. The third-order valence-corrected chi connectivity index (χ3v) is 6.93. The highest BCUT2D eigenvalue weighted by molar-refractivity contribution is 7.90. The molecule has 1 aromatic carbocycles. The Morgan fingerprint density at radius 2 is 2.08 bits per heavy atom. The number of rotatable bonds is 3. The van der Waals surface area contributed by atoms with E-state index in [-0.39, 0.29) is 47.3 Å². The number of amides is 2. The molecule has 0 aromatic heterocycles. The monoisotopic (exact) mass is 401 g/mol. The Kier molecular flexibility index (Phi) is 5.99. The maximum atomic E-state index is 12.8. The molecule has 2 aliphatic heterocycles. The van der Waals surface area contributed by atoms with Crippen molar-refractivity contribution in [2.45, 2.75) is 37.6 Å². The van der Waals surface area contributed by atoms with Gasteiger partial charge in [-0.2, -0.15) is 0 Å². The number of hydrogen-bond donors (Lipinski definition) is 1. The minimum atomic E-state index is -3.86. The van der Waals surface area contributed by atoms with E-state index in [2.05, 4.69) is 0 Å². The molecule has 2 aliphatic rings. The molecule has 1 fully saturated rings. The summed E-state index contributed by atoms with van der Waals surface area (Å²) in [6.07, 6.45) is 1.86. The Balaban J connectivity index is 0.00000243. The molecule has 2 unspecified atom stereocenters. The quantitative estimate of drug-likeness (QED) is 0.826. The molecule has 0 radical (unpaired) electrons. The molecule has 1 saturated heterocycles. The molecule has 0 spiro atoms. The molecule has 2 amide bonds. The predicted molar refractivity (Wildman–Crippen MR) is 99.9 cm³/mol. The first kappa shape index (κ1) is 20.7. The molecule has 3 rings (SSSR count). The van der Waals surface area contributed by atoms with Gasteiger partial charge in [0.15, 0.2) is 0 Å². The molecule has 0 saturated carbocycles. The van der Waals surface area contributed by atoms with Gasteiger partial charge in [0.05, 0.1) is 5.56 Å². The fourth-order valence-corrected chi connectivity index (χ4v) is 5.13. The van der Waals surface area contributed by atoms with E-state index in [1.165, 1.54) is 18.2 Å². The van der Waals surface area contributed by atoms with Gasteiger partial charge in [0.2, 0.25) is 0 Å². The van der Waals surface area contributed by atoms with Crippen LogP contribution in [0.4, 0.5) is 0 Å². The van der Waals surface area contributed by atoms with E-state index in [1.54, 1.807) is 11.8 Å². The van der Waals surface area contributed by atoms with Gasteiger partial charge in [-0.15, -0.1) is 12.4 Å². The fraction of sp³-hybridized carbons (Fsp3) is 0.529. The van der Waals surface area contributed by atoms with Crippen LogP contribution in [0, 0.1) is 5.92 Å². The number of hydrogen-bond acceptors (Lipinski definition) is 5. The zero-order valence-corrected chi connectivity index (χ0v) is 16.5. The van der Waals surface area contributed by atoms with Crippen molar-refractivity contribution in [1.82, 2.24) is 9.21 Å². The lowest BCUT2D eigenvalue weighted by Crippen LogP contribution is -2.45. The first-order valence-electron chi connectivity index (χ1n) is 8.53. The van der Waals surface area contributed by atoms with Crippen molar-refractivity contribution in [3.8, 4) is 0 Å². The average Bonchev–Trinajstić information content (AvgIpc) is 2.79. The fourth-order valence-electron chi connectivity index (χ4n) is 3.53. The van der Waals surface area contributed by atoms with Crippen LogP contribution in [0.2, 0.25) is 0 Å². The maximum Gasteiger partial charge on any atom is 0.268 e. The molecule has 7 nitrogen and oxygen atoms in total. The number of halogens is 1. The van der Waals surface area contributed by atoms with Crippen molar-refractivity contribution < 1.29 is 18.0 Å². The second kappa shape index (κ2) is 7.54. The lowest BCUT2D eigenvalue weighted by atomic mass is 9.92. The highest BCUT2D eigenvalue weighted by Crippen LogP contribution is 2.31. The molecule has 2 N–H and O–H groups in total. The minimum absolute atomic E-state index is 0. The third-order valence-electron chi connectivity index (χ3n) is 5.03. The zero-order valence-electron chi connectivity index (χ0n) is 14.8. The van der Waals surface area contributed by atoms with Gasteiger partial charge in [0, 0.05) is 31.2 Å². The lowest BCUT2D eigenvalue weighted by Gasteiger charge is -2.34. The van der Waals surface area contributed by atoms with E-state index in [1.807, 2.05) is 6.92 Å². The normalized spacial score (nSPS) is 22.6. The van der Waals surface area contributed by atoms with Crippen LogP contribution >= 0.6 is 12.4 Å². The summed E-state index contributed by atoms with van der Waals surface area (Å²) in [7, 11) is -3.86. The number of carbonyl (C=O) groups excluding carboxylic acids is 2. The predicted octanol–water partition coefficient (Wildman–Crippen LogP) is 1.47. The zero-order chi connectivity index (χ0) is 18.4. The Labute approximate surface area is 160 Å². The van der Waals surface area contributed by atoms with Crippen molar-refractivity contribution in [1.29, 1.82) is 0 Å². The molecule has 0 bridgehead atoms. The number of carbonyl (C=O) groups is 2. The summed E-state index contributed by atoms with van der Waals surface area (Å²) >= 11 is 0. The first-order valence-corrected chi connectivity index (χ1v) is 9.97. The number of nitrogens with two attached hydrogens (primary N) is 1. The van der Waals surface area contributed by atoms with E-state index in [0.29, 0.717) is 18.7 Å². The van der Waals surface area contributed by atoms with Gasteiger partial charge in [0.25, 0.3) is 21.8 Å². The molecule has 144 valence electrons. The van der Waals surface area contributed by atoms with E-state index in [0.717, 1.165) is 17.1 Å². The summed E-state index contributed by atoms with van der Waals surface area (Å²) < 4.78 is 25.8. The Bertz CT molecular complexity index is 825. The number of benzene rings is 1. The summed E-state index contributed by atoms with van der Waals surface area (Å²) in [4.78, 5) is 26.6.